The minimum atomic E-state index is -3.29. The summed E-state index contributed by atoms with van der Waals surface area (Å²) in [4.78, 5) is 44.2. The summed E-state index contributed by atoms with van der Waals surface area (Å²) in [6.07, 6.45) is -0.983. The molecule has 1 atom stereocenters. The molecule has 1 aromatic carbocycles. The summed E-state index contributed by atoms with van der Waals surface area (Å²) >= 11 is 0.643. The van der Waals surface area contributed by atoms with E-state index in [0.29, 0.717) is 11.3 Å². The van der Waals surface area contributed by atoms with Gasteiger partial charge in [0.25, 0.3) is 11.8 Å². The first-order valence-corrected chi connectivity index (χ1v) is 15.8. The standard InChI is InChI=1S/C31H39F4N7O5S/c1-28(2,3)46-26(44)38-25-21(37-24(48-25)20-17(32)10-9-11-18(20)33)23(43)36-19-14-41(8)40-22(19)42-13-12-30(7,15-31(34,35)16-42)39-27(45)47-29(4,5)6/h9-11,14H,12-13,15-16H2,1-8H3,(H,36,43)(H,38,44)(H,39,45). The van der Waals surface area contributed by atoms with Gasteiger partial charge in [0.1, 0.15) is 38.5 Å². The van der Waals surface area contributed by atoms with Crippen LogP contribution in [-0.2, 0) is 16.5 Å². The molecule has 1 aliphatic rings. The van der Waals surface area contributed by atoms with Gasteiger partial charge in [-0.1, -0.05) is 17.4 Å². The SMILES string of the molecule is Cn1cc(NC(=O)c2nc(-c3c(F)cccc3F)sc2NC(=O)OC(C)(C)C)c(N2CCC(C)(NC(=O)OC(C)(C)C)CC(F)(F)C2)n1. The zero-order valence-corrected chi connectivity index (χ0v) is 28.7. The van der Waals surface area contributed by atoms with Crippen molar-refractivity contribution in [3.8, 4) is 10.6 Å². The number of carbonyl (C=O) groups excluding carboxylic acids is 3. The maximum Gasteiger partial charge on any atom is 0.412 e. The lowest BCUT2D eigenvalue weighted by atomic mass is 9.91. The van der Waals surface area contributed by atoms with E-state index in [2.05, 4.69) is 26.0 Å². The van der Waals surface area contributed by atoms with Gasteiger partial charge in [0, 0.05) is 25.6 Å². The lowest BCUT2D eigenvalue weighted by Gasteiger charge is -2.32. The molecule has 0 aliphatic carbocycles. The molecule has 2 aromatic heterocycles. The van der Waals surface area contributed by atoms with Crippen LogP contribution in [0.5, 0.6) is 0 Å². The maximum absolute atomic E-state index is 15.4. The number of aromatic nitrogens is 3. The number of aryl methyl sites for hydroxylation is 1. The summed E-state index contributed by atoms with van der Waals surface area (Å²) in [5, 5.41) is 11.5. The highest BCUT2D eigenvalue weighted by molar-refractivity contribution is 7.19. The highest BCUT2D eigenvalue weighted by Crippen LogP contribution is 2.38. The molecule has 17 heteroatoms. The molecule has 4 rings (SSSR count). The van der Waals surface area contributed by atoms with E-state index < -0.39 is 76.6 Å². The number of amides is 3. The van der Waals surface area contributed by atoms with Crippen molar-refractivity contribution < 1.29 is 41.4 Å². The van der Waals surface area contributed by atoms with Gasteiger partial charge in [-0.3, -0.25) is 14.8 Å². The third-order valence-electron chi connectivity index (χ3n) is 6.80. The number of alkyl halides is 2. The summed E-state index contributed by atoms with van der Waals surface area (Å²) in [6, 6.07) is 3.21. The average molecular weight is 698 g/mol. The van der Waals surface area contributed by atoms with Crippen molar-refractivity contribution in [3.05, 3.63) is 41.7 Å². The molecule has 1 fully saturated rings. The van der Waals surface area contributed by atoms with E-state index in [1.807, 2.05) is 0 Å². The smallest absolute Gasteiger partial charge is 0.412 e. The zero-order valence-electron chi connectivity index (χ0n) is 27.9. The molecule has 3 heterocycles. The van der Waals surface area contributed by atoms with Gasteiger partial charge in [-0.2, -0.15) is 5.10 Å². The van der Waals surface area contributed by atoms with Gasteiger partial charge >= 0.3 is 12.2 Å². The van der Waals surface area contributed by atoms with Crippen molar-refractivity contribution in [2.24, 2.45) is 7.05 Å². The number of anilines is 3. The Kier molecular flexibility index (Phi) is 10.0. The summed E-state index contributed by atoms with van der Waals surface area (Å²) in [6.45, 7) is 10.6. The summed E-state index contributed by atoms with van der Waals surface area (Å²) in [5.74, 6) is -6.09. The number of benzene rings is 1. The first-order valence-electron chi connectivity index (χ1n) is 15.0. The number of nitrogens with one attached hydrogen (secondary N) is 3. The topological polar surface area (TPSA) is 140 Å². The number of thiazole rings is 1. The first kappa shape index (κ1) is 36.4. The molecule has 1 saturated heterocycles. The van der Waals surface area contributed by atoms with E-state index in [1.54, 1.807) is 41.5 Å². The van der Waals surface area contributed by atoms with Crippen LogP contribution in [0.2, 0.25) is 0 Å². The van der Waals surface area contributed by atoms with Gasteiger partial charge in [-0.15, -0.1) is 0 Å². The Hall–Kier alpha value is -4.41. The number of rotatable bonds is 6. The van der Waals surface area contributed by atoms with E-state index >= 15 is 8.78 Å². The van der Waals surface area contributed by atoms with Crippen LogP contribution < -0.4 is 20.9 Å². The lowest BCUT2D eigenvalue weighted by molar-refractivity contribution is -0.0195. The molecule has 0 bridgehead atoms. The number of halogens is 4. The molecule has 0 saturated carbocycles. The maximum atomic E-state index is 15.4. The Balaban J connectivity index is 1.64. The second-order valence-corrected chi connectivity index (χ2v) is 14.8. The number of ether oxygens (including phenoxy) is 2. The highest BCUT2D eigenvalue weighted by atomic mass is 32.1. The Morgan fingerprint density at radius 1 is 0.979 bits per heavy atom. The van der Waals surface area contributed by atoms with E-state index in [0.717, 1.165) is 12.1 Å². The molecule has 48 heavy (non-hydrogen) atoms. The van der Waals surface area contributed by atoms with Gasteiger partial charge in [-0.05, 0) is 67.0 Å². The van der Waals surface area contributed by atoms with Crippen molar-refractivity contribution >= 4 is 45.9 Å². The van der Waals surface area contributed by atoms with Crippen LogP contribution in [0, 0.1) is 11.6 Å². The van der Waals surface area contributed by atoms with Crippen molar-refractivity contribution in [3.63, 3.8) is 0 Å². The van der Waals surface area contributed by atoms with Gasteiger partial charge in [0.15, 0.2) is 11.5 Å². The Morgan fingerprint density at radius 3 is 2.19 bits per heavy atom. The third-order valence-corrected chi connectivity index (χ3v) is 7.79. The number of hydrogen-bond donors (Lipinski definition) is 3. The predicted molar refractivity (Wildman–Crippen MR) is 173 cm³/mol. The van der Waals surface area contributed by atoms with Crippen LogP contribution in [0.15, 0.2) is 24.4 Å². The molecule has 0 spiro atoms. The lowest BCUT2D eigenvalue weighted by Crippen LogP contribution is -2.50. The van der Waals surface area contributed by atoms with Crippen molar-refractivity contribution in [1.82, 2.24) is 20.1 Å². The molecule has 12 nitrogen and oxygen atoms in total. The van der Waals surface area contributed by atoms with Crippen LogP contribution in [0.3, 0.4) is 0 Å². The van der Waals surface area contributed by atoms with Crippen LogP contribution in [0.4, 0.5) is 43.7 Å². The fourth-order valence-electron chi connectivity index (χ4n) is 5.04. The molecular weight excluding hydrogens is 658 g/mol. The quantitative estimate of drug-likeness (QED) is 0.236. The fourth-order valence-corrected chi connectivity index (χ4v) is 6.03. The van der Waals surface area contributed by atoms with Gasteiger partial charge < -0.3 is 25.0 Å². The number of alkyl carbamates (subject to hydrolysis) is 1. The van der Waals surface area contributed by atoms with Crippen LogP contribution >= 0.6 is 11.3 Å². The van der Waals surface area contributed by atoms with E-state index in [1.165, 1.54) is 35.8 Å². The highest BCUT2D eigenvalue weighted by Gasteiger charge is 2.46. The number of carbonyl (C=O) groups is 3. The van der Waals surface area contributed by atoms with Crippen molar-refractivity contribution in [2.45, 2.75) is 84.0 Å². The molecule has 3 aromatic rings. The Bertz CT molecular complexity index is 1680. The average Bonchev–Trinajstić information content (AvgIpc) is 3.42. The van der Waals surface area contributed by atoms with Gasteiger partial charge in [-0.25, -0.2) is 32.1 Å². The number of nitrogens with zero attached hydrogens (tertiary/aromatic N) is 4. The number of hydrogen-bond acceptors (Lipinski definition) is 9. The normalized spacial score (nSPS) is 18.1. The van der Waals surface area contributed by atoms with Crippen LogP contribution in [0.25, 0.3) is 10.6 Å². The Morgan fingerprint density at radius 2 is 1.58 bits per heavy atom. The van der Waals surface area contributed by atoms with E-state index in [4.69, 9.17) is 9.47 Å². The Labute approximate surface area is 279 Å². The fraction of sp³-hybridized carbons (Fsp3) is 0.516. The second-order valence-electron chi connectivity index (χ2n) is 13.8. The largest absolute Gasteiger partial charge is 0.444 e. The first-order chi connectivity index (χ1) is 22.0. The summed E-state index contributed by atoms with van der Waals surface area (Å²) in [5.41, 5.74) is -3.96. The van der Waals surface area contributed by atoms with Crippen molar-refractivity contribution in [1.29, 1.82) is 0 Å². The van der Waals surface area contributed by atoms with Gasteiger partial charge in [0.05, 0.1) is 18.3 Å². The molecular formula is C31H39F4N7O5S. The molecule has 0 radical (unpaired) electrons. The third kappa shape index (κ3) is 9.35. The van der Waals surface area contributed by atoms with Gasteiger partial charge in [0.2, 0.25) is 0 Å². The summed E-state index contributed by atoms with van der Waals surface area (Å²) in [7, 11) is 1.53. The molecule has 3 amide bonds. The molecule has 262 valence electrons. The summed E-state index contributed by atoms with van der Waals surface area (Å²) < 4.78 is 72.0. The monoisotopic (exact) mass is 697 g/mol. The molecule has 1 unspecified atom stereocenters. The van der Waals surface area contributed by atoms with Crippen LogP contribution in [-0.4, -0.2) is 68.6 Å². The van der Waals surface area contributed by atoms with E-state index in [9.17, 15) is 23.2 Å². The zero-order chi connectivity index (χ0) is 35.8. The van der Waals surface area contributed by atoms with Crippen LogP contribution in [0.1, 0.15) is 71.8 Å². The minimum Gasteiger partial charge on any atom is -0.444 e. The minimum absolute atomic E-state index is 0.00398. The molecule has 3 N–H and O–H groups in total. The van der Waals surface area contributed by atoms with Crippen molar-refractivity contribution in [2.75, 3.05) is 28.6 Å². The second kappa shape index (κ2) is 13.2. The molecule has 1 aliphatic heterocycles. The predicted octanol–water partition coefficient (Wildman–Crippen LogP) is 6.94. The van der Waals surface area contributed by atoms with E-state index in [-0.39, 0.29) is 34.5 Å².